The molecule has 0 spiro atoms. The lowest BCUT2D eigenvalue weighted by atomic mass is 10.1. The number of rotatable bonds is 6. The standard InChI is InChI=1S/C13H19FN2O2.ClH/c1-9(15)7-13(17)16-8-12(18-2)10-3-5-11(14)6-4-10;/h3-6,9,12H,7-8,15H2,1-2H3,(H,16,17);1H. The van der Waals surface area contributed by atoms with Gasteiger partial charge in [-0.15, -0.1) is 12.4 Å². The Hall–Kier alpha value is -1.17. The van der Waals surface area contributed by atoms with Gasteiger partial charge in [-0.3, -0.25) is 4.79 Å². The molecule has 1 aromatic carbocycles. The van der Waals surface area contributed by atoms with Gasteiger partial charge < -0.3 is 15.8 Å². The molecule has 2 atom stereocenters. The Bertz CT molecular complexity index is 385. The minimum absolute atomic E-state index is 0. The van der Waals surface area contributed by atoms with Gasteiger partial charge in [-0.2, -0.15) is 0 Å². The summed E-state index contributed by atoms with van der Waals surface area (Å²) in [5.41, 5.74) is 6.35. The van der Waals surface area contributed by atoms with E-state index in [1.165, 1.54) is 12.1 Å². The first-order valence-electron chi connectivity index (χ1n) is 5.83. The van der Waals surface area contributed by atoms with Gasteiger partial charge in [-0.05, 0) is 24.6 Å². The largest absolute Gasteiger partial charge is 0.375 e. The van der Waals surface area contributed by atoms with E-state index < -0.39 is 0 Å². The molecule has 1 rings (SSSR count). The number of methoxy groups -OCH3 is 1. The predicted octanol–water partition coefficient (Wildman–Crippen LogP) is 1.79. The number of benzene rings is 1. The van der Waals surface area contributed by atoms with Crippen molar-refractivity contribution in [2.24, 2.45) is 5.73 Å². The van der Waals surface area contributed by atoms with E-state index in [0.717, 1.165) is 5.56 Å². The molecule has 0 aliphatic heterocycles. The maximum absolute atomic E-state index is 12.8. The number of hydrogen-bond acceptors (Lipinski definition) is 3. The Kier molecular flexibility index (Phi) is 8.30. The number of hydrogen-bond donors (Lipinski definition) is 2. The second-order valence-electron chi connectivity index (χ2n) is 4.26. The first kappa shape index (κ1) is 17.8. The minimum atomic E-state index is -0.297. The fraction of sp³-hybridized carbons (Fsp3) is 0.462. The van der Waals surface area contributed by atoms with Crippen LogP contribution < -0.4 is 11.1 Å². The molecule has 1 amide bonds. The van der Waals surface area contributed by atoms with E-state index in [-0.39, 0.29) is 42.7 Å². The SMILES string of the molecule is COC(CNC(=O)CC(C)N)c1ccc(F)cc1.Cl. The first-order valence-corrected chi connectivity index (χ1v) is 5.83. The monoisotopic (exact) mass is 290 g/mol. The van der Waals surface area contributed by atoms with Crippen LogP contribution in [-0.4, -0.2) is 25.6 Å². The molecule has 4 nitrogen and oxygen atoms in total. The van der Waals surface area contributed by atoms with Gasteiger partial charge in [0.2, 0.25) is 5.91 Å². The van der Waals surface area contributed by atoms with Crippen molar-refractivity contribution in [3.63, 3.8) is 0 Å². The topological polar surface area (TPSA) is 64.3 Å². The van der Waals surface area contributed by atoms with Crippen LogP contribution >= 0.6 is 12.4 Å². The second kappa shape index (κ2) is 8.85. The van der Waals surface area contributed by atoms with E-state index in [9.17, 15) is 9.18 Å². The van der Waals surface area contributed by atoms with Gasteiger partial charge in [-0.25, -0.2) is 4.39 Å². The maximum Gasteiger partial charge on any atom is 0.221 e. The molecular weight excluding hydrogens is 271 g/mol. The zero-order valence-corrected chi connectivity index (χ0v) is 11.9. The highest BCUT2D eigenvalue weighted by atomic mass is 35.5. The molecule has 0 heterocycles. The minimum Gasteiger partial charge on any atom is -0.375 e. The number of halogens is 2. The summed E-state index contributed by atoms with van der Waals surface area (Å²) < 4.78 is 18.1. The average molecular weight is 291 g/mol. The van der Waals surface area contributed by atoms with Gasteiger partial charge in [0, 0.05) is 26.1 Å². The summed E-state index contributed by atoms with van der Waals surface area (Å²) in [6.07, 6.45) is -0.0116. The van der Waals surface area contributed by atoms with Crippen molar-refractivity contribution in [3.05, 3.63) is 35.6 Å². The molecule has 0 radical (unpaired) electrons. The third kappa shape index (κ3) is 6.52. The summed E-state index contributed by atoms with van der Waals surface area (Å²) in [7, 11) is 1.55. The number of carbonyl (C=O) groups is 1. The third-order valence-electron chi connectivity index (χ3n) is 2.52. The number of ether oxygens (including phenoxy) is 1. The zero-order chi connectivity index (χ0) is 13.5. The molecule has 0 aromatic heterocycles. The van der Waals surface area contributed by atoms with Crippen LogP contribution in [0.2, 0.25) is 0 Å². The molecule has 0 saturated carbocycles. The summed E-state index contributed by atoms with van der Waals surface area (Å²) in [5.74, 6) is -0.413. The summed E-state index contributed by atoms with van der Waals surface area (Å²) in [6, 6.07) is 5.84. The lowest BCUT2D eigenvalue weighted by Gasteiger charge is -2.17. The lowest BCUT2D eigenvalue weighted by Crippen LogP contribution is -2.33. The van der Waals surface area contributed by atoms with Crippen LogP contribution in [0.3, 0.4) is 0 Å². The number of amides is 1. The van der Waals surface area contributed by atoms with Crippen LogP contribution in [-0.2, 0) is 9.53 Å². The predicted molar refractivity (Wildman–Crippen MR) is 74.7 cm³/mol. The van der Waals surface area contributed by atoms with E-state index in [4.69, 9.17) is 10.5 Å². The quantitative estimate of drug-likeness (QED) is 0.839. The molecule has 3 N–H and O–H groups in total. The van der Waals surface area contributed by atoms with Gasteiger partial charge in [0.15, 0.2) is 0 Å². The van der Waals surface area contributed by atoms with E-state index >= 15 is 0 Å². The van der Waals surface area contributed by atoms with Crippen molar-refractivity contribution in [3.8, 4) is 0 Å². The van der Waals surface area contributed by atoms with Crippen LogP contribution in [0.25, 0.3) is 0 Å². The van der Waals surface area contributed by atoms with Crippen molar-refractivity contribution in [1.29, 1.82) is 0 Å². The van der Waals surface area contributed by atoms with Crippen LogP contribution in [0.1, 0.15) is 25.0 Å². The summed E-state index contributed by atoms with van der Waals surface area (Å²) >= 11 is 0. The molecule has 0 bridgehead atoms. The van der Waals surface area contributed by atoms with E-state index in [1.54, 1.807) is 26.2 Å². The highest BCUT2D eigenvalue weighted by molar-refractivity contribution is 5.85. The molecule has 0 fully saturated rings. The molecule has 6 heteroatoms. The molecule has 1 aromatic rings. The Morgan fingerprint density at radius 1 is 1.42 bits per heavy atom. The summed E-state index contributed by atoms with van der Waals surface area (Å²) in [4.78, 5) is 11.5. The number of nitrogens with one attached hydrogen (secondary N) is 1. The fourth-order valence-electron chi connectivity index (χ4n) is 1.59. The first-order chi connectivity index (χ1) is 8.52. The zero-order valence-electron chi connectivity index (χ0n) is 11.1. The Balaban J connectivity index is 0.00000324. The van der Waals surface area contributed by atoms with Crippen LogP contribution in [0.5, 0.6) is 0 Å². The molecular formula is C13H20ClFN2O2. The van der Waals surface area contributed by atoms with Crippen molar-refractivity contribution in [1.82, 2.24) is 5.32 Å². The molecule has 2 unspecified atom stereocenters. The normalized spacial score (nSPS) is 13.3. The lowest BCUT2D eigenvalue weighted by molar-refractivity contribution is -0.121. The number of carbonyl (C=O) groups excluding carboxylic acids is 1. The maximum atomic E-state index is 12.8. The van der Waals surface area contributed by atoms with Gasteiger partial charge in [0.1, 0.15) is 5.82 Å². The molecule has 0 saturated heterocycles. The van der Waals surface area contributed by atoms with E-state index in [0.29, 0.717) is 6.54 Å². The summed E-state index contributed by atoms with van der Waals surface area (Å²) in [6.45, 7) is 2.11. The van der Waals surface area contributed by atoms with Crippen LogP contribution in [0.4, 0.5) is 4.39 Å². The highest BCUT2D eigenvalue weighted by Gasteiger charge is 2.12. The van der Waals surface area contributed by atoms with E-state index in [1.807, 2.05) is 0 Å². The van der Waals surface area contributed by atoms with Crippen LogP contribution in [0.15, 0.2) is 24.3 Å². The Morgan fingerprint density at radius 2 is 2.00 bits per heavy atom. The van der Waals surface area contributed by atoms with Crippen molar-refractivity contribution in [2.45, 2.75) is 25.5 Å². The highest BCUT2D eigenvalue weighted by Crippen LogP contribution is 2.16. The Labute approximate surface area is 118 Å². The number of nitrogens with two attached hydrogens (primary N) is 1. The average Bonchev–Trinajstić information content (AvgIpc) is 2.31. The van der Waals surface area contributed by atoms with Crippen LogP contribution in [0, 0.1) is 5.82 Å². The van der Waals surface area contributed by atoms with Gasteiger partial charge in [0.25, 0.3) is 0 Å². The van der Waals surface area contributed by atoms with E-state index in [2.05, 4.69) is 5.32 Å². The van der Waals surface area contributed by atoms with Gasteiger partial charge in [0.05, 0.1) is 6.10 Å². The molecule has 0 aliphatic carbocycles. The van der Waals surface area contributed by atoms with Gasteiger partial charge in [-0.1, -0.05) is 12.1 Å². The smallest absolute Gasteiger partial charge is 0.221 e. The third-order valence-corrected chi connectivity index (χ3v) is 2.52. The Morgan fingerprint density at radius 3 is 2.47 bits per heavy atom. The molecule has 0 aliphatic rings. The van der Waals surface area contributed by atoms with Crippen molar-refractivity contribution in [2.75, 3.05) is 13.7 Å². The van der Waals surface area contributed by atoms with Gasteiger partial charge >= 0.3 is 0 Å². The van der Waals surface area contributed by atoms with Crippen molar-refractivity contribution >= 4 is 18.3 Å². The molecule has 19 heavy (non-hydrogen) atoms. The summed E-state index contributed by atoms with van der Waals surface area (Å²) in [5, 5.41) is 2.74. The molecule has 108 valence electrons. The fourth-order valence-corrected chi connectivity index (χ4v) is 1.59. The second-order valence-corrected chi connectivity index (χ2v) is 4.26. The van der Waals surface area contributed by atoms with Crippen molar-refractivity contribution < 1.29 is 13.9 Å².